The molecule has 0 aromatic rings. The maximum absolute atomic E-state index is 9.99. The molecule has 0 aliphatic carbocycles. The van der Waals surface area contributed by atoms with Gasteiger partial charge in [0, 0.05) is 13.3 Å². The van der Waals surface area contributed by atoms with E-state index in [1.165, 1.54) is 6.92 Å². The Morgan fingerprint density at radius 3 is 2.75 bits per heavy atom. The lowest BCUT2D eigenvalue weighted by atomic mass is 10.5. The minimum Gasteiger partial charge on any atom is -0.372 e. The zero-order chi connectivity index (χ0) is 6.41. The molecule has 0 unspecified atom stereocenters. The summed E-state index contributed by atoms with van der Waals surface area (Å²) < 4.78 is 4.28. The van der Waals surface area contributed by atoms with E-state index < -0.39 is 0 Å². The highest BCUT2D eigenvalue weighted by Crippen LogP contribution is 1.71. The molecule has 0 bridgehead atoms. The average Bonchev–Trinajstić information content (AvgIpc) is 1.66. The lowest BCUT2D eigenvalue weighted by Gasteiger charge is -1.80. The first-order valence-corrected chi connectivity index (χ1v) is 2.42. The van der Waals surface area contributed by atoms with Gasteiger partial charge >= 0.3 is 5.97 Å². The molecule has 0 aromatic heterocycles. The molecule has 8 heavy (non-hydrogen) atoms. The molecule has 0 heterocycles. The number of carbonyl (C=O) groups is 1. The van der Waals surface area contributed by atoms with E-state index in [9.17, 15) is 4.79 Å². The molecule has 0 N–H and O–H groups in total. The van der Waals surface area contributed by atoms with Gasteiger partial charge in [-0.1, -0.05) is 12.8 Å². The van der Waals surface area contributed by atoms with Crippen molar-refractivity contribution in [3.8, 4) is 12.0 Å². The second-order valence-electron chi connectivity index (χ2n) is 1.23. The minimum atomic E-state index is -0.356. The largest absolute Gasteiger partial charge is 0.372 e. The van der Waals surface area contributed by atoms with Crippen molar-refractivity contribution in [2.45, 2.75) is 20.3 Å². The number of ether oxygens (including phenoxy) is 1. The van der Waals surface area contributed by atoms with Crippen LogP contribution in [0.2, 0.25) is 0 Å². The summed E-state index contributed by atoms with van der Waals surface area (Å²) in [5.74, 6) is 2.23. The third-order valence-corrected chi connectivity index (χ3v) is 0.444. The summed E-state index contributed by atoms with van der Waals surface area (Å²) in [5, 5.41) is 0. The Bertz CT molecular complexity index is 127. The van der Waals surface area contributed by atoms with Gasteiger partial charge in [-0.15, -0.1) is 0 Å². The lowest BCUT2D eigenvalue weighted by molar-refractivity contribution is -0.134. The predicted molar refractivity (Wildman–Crippen MR) is 29.8 cm³/mol. The number of rotatable bonds is 0. The van der Waals surface area contributed by atoms with Crippen LogP contribution in [0.5, 0.6) is 0 Å². The molecule has 2 heteroatoms. The monoisotopic (exact) mass is 112 g/mol. The van der Waals surface area contributed by atoms with Crippen LogP contribution in [0.4, 0.5) is 0 Å². The summed E-state index contributed by atoms with van der Waals surface area (Å²) in [4.78, 5) is 9.99. The molecule has 0 spiro atoms. The molecule has 0 saturated heterocycles. The summed E-state index contributed by atoms with van der Waals surface area (Å²) >= 11 is 0. The molecule has 0 aromatic carbocycles. The van der Waals surface area contributed by atoms with E-state index in [0.29, 0.717) is 6.42 Å². The molecular weight excluding hydrogens is 104 g/mol. The van der Waals surface area contributed by atoms with Gasteiger partial charge in [-0.25, -0.2) is 0 Å². The molecule has 0 atom stereocenters. The smallest absolute Gasteiger partial charge is 0.316 e. The van der Waals surface area contributed by atoms with E-state index in [-0.39, 0.29) is 5.97 Å². The Morgan fingerprint density at radius 2 is 2.38 bits per heavy atom. The predicted octanol–water partition coefficient (Wildman–Crippen LogP) is 0.920. The molecule has 0 radical (unpaired) electrons. The first-order chi connectivity index (χ1) is 3.77. The van der Waals surface area contributed by atoms with E-state index in [0.717, 1.165) is 0 Å². The van der Waals surface area contributed by atoms with Crippen molar-refractivity contribution in [2.75, 3.05) is 0 Å². The Kier molecular flexibility index (Phi) is 3.69. The number of hydrogen-bond acceptors (Lipinski definition) is 2. The highest BCUT2D eigenvalue weighted by molar-refractivity contribution is 5.67. The van der Waals surface area contributed by atoms with Gasteiger partial charge in [0.05, 0.1) is 0 Å². The van der Waals surface area contributed by atoms with Gasteiger partial charge in [-0.3, -0.25) is 4.79 Å². The molecule has 0 fully saturated rings. The van der Waals surface area contributed by atoms with Crippen molar-refractivity contribution in [1.82, 2.24) is 0 Å². The van der Waals surface area contributed by atoms with Gasteiger partial charge in [0.25, 0.3) is 0 Å². The third kappa shape index (κ3) is 5.03. The van der Waals surface area contributed by atoms with E-state index in [4.69, 9.17) is 0 Å². The van der Waals surface area contributed by atoms with Crippen molar-refractivity contribution in [2.24, 2.45) is 0 Å². The highest BCUT2D eigenvalue weighted by Gasteiger charge is 1.81. The zero-order valence-electron chi connectivity index (χ0n) is 5.02. The fraction of sp³-hybridized carbons (Fsp3) is 0.500. The Morgan fingerprint density at radius 1 is 1.75 bits per heavy atom. The van der Waals surface area contributed by atoms with Crippen molar-refractivity contribution in [1.29, 1.82) is 0 Å². The van der Waals surface area contributed by atoms with E-state index in [2.05, 4.69) is 16.8 Å². The maximum Gasteiger partial charge on any atom is 0.316 e. The van der Waals surface area contributed by atoms with Crippen LogP contribution in [0.3, 0.4) is 0 Å². The van der Waals surface area contributed by atoms with Crippen molar-refractivity contribution in [3.05, 3.63) is 0 Å². The lowest BCUT2D eigenvalue weighted by Crippen LogP contribution is -1.89. The number of hydrogen-bond donors (Lipinski definition) is 0. The minimum absolute atomic E-state index is 0.356. The summed E-state index contributed by atoms with van der Waals surface area (Å²) in [7, 11) is 0. The van der Waals surface area contributed by atoms with Crippen LogP contribution in [0.25, 0.3) is 0 Å². The molecule has 44 valence electrons. The van der Waals surface area contributed by atoms with Crippen LogP contribution < -0.4 is 0 Å². The normalized spacial score (nSPS) is 6.75. The number of carbonyl (C=O) groups excluding carboxylic acids is 1. The van der Waals surface area contributed by atoms with Gasteiger partial charge in [0.15, 0.2) is 0 Å². The van der Waals surface area contributed by atoms with E-state index >= 15 is 0 Å². The van der Waals surface area contributed by atoms with Gasteiger partial charge in [-0.2, -0.15) is 0 Å². The van der Waals surface area contributed by atoms with Crippen molar-refractivity contribution >= 4 is 5.97 Å². The van der Waals surface area contributed by atoms with Crippen molar-refractivity contribution < 1.29 is 9.53 Å². The van der Waals surface area contributed by atoms with Crippen LogP contribution >= 0.6 is 0 Å². The maximum atomic E-state index is 9.99. The van der Waals surface area contributed by atoms with Crippen LogP contribution in [-0.4, -0.2) is 5.97 Å². The summed E-state index contributed by atoms with van der Waals surface area (Å²) in [6.45, 7) is 3.21. The first kappa shape index (κ1) is 7.03. The van der Waals surface area contributed by atoms with E-state index in [1.807, 2.05) is 6.92 Å². The summed E-state index contributed by atoms with van der Waals surface area (Å²) in [6.07, 6.45) is 2.95. The average molecular weight is 112 g/mol. The number of esters is 1. The summed E-state index contributed by atoms with van der Waals surface area (Å²) in [5.41, 5.74) is 0. The Balaban J connectivity index is 3.29. The van der Waals surface area contributed by atoms with E-state index in [1.54, 1.807) is 0 Å². The van der Waals surface area contributed by atoms with Crippen molar-refractivity contribution in [3.63, 3.8) is 0 Å². The molecule has 0 saturated carbocycles. The fourth-order valence-electron chi connectivity index (χ4n) is 0.180. The van der Waals surface area contributed by atoms with Crippen LogP contribution in [0.1, 0.15) is 20.3 Å². The second-order valence-corrected chi connectivity index (χ2v) is 1.23. The first-order valence-electron chi connectivity index (χ1n) is 2.42. The zero-order valence-corrected chi connectivity index (χ0v) is 5.02. The highest BCUT2D eigenvalue weighted by atomic mass is 16.5. The molecular formula is C6H8O2. The van der Waals surface area contributed by atoms with Gasteiger partial charge in [0.2, 0.25) is 0 Å². The third-order valence-electron chi connectivity index (χ3n) is 0.444. The molecule has 0 rings (SSSR count). The van der Waals surface area contributed by atoms with Crippen LogP contribution in [-0.2, 0) is 9.53 Å². The Hall–Kier alpha value is -0.970. The van der Waals surface area contributed by atoms with Gasteiger partial charge < -0.3 is 4.74 Å². The molecule has 0 aliphatic heterocycles. The van der Waals surface area contributed by atoms with Gasteiger partial charge in [-0.05, 0) is 0 Å². The SMILES string of the molecule is CCC#COC(C)=O. The topological polar surface area (TPSA) is 26.3 Å². The summed E-state index contributed by atoms with van der Waals surface area (Å²) in [6, 6.07) is 0. The molecule has 0 amide bonds. The Labute approximate surface area is 48.8 Å². The molecule has 0 aliphatic rings. The van der Waals surface area contributed by atoms with Crippen LogP contribution in [0, 0.1) is 12.0 Å². The standard InChI is InChI=1S/C6H8O2/c1-3-4-5-8-6(2)7/h3H2,1-2H3. The fourth-order valence-corrected chi connectivity index (χ4v) is 0.180. The van der Waals surface area contributed by atoms with Gasteiger partial charge in [0.1, 0.15) is 6.11 Å². The quantitative estimate of drug-likeness (QED) is 0.344. The van der Waals surface area contributed by atoms with Crippen LogP contribution in [0.15, 0.2) is 0 Å². The second kappa shape index (κ2) is 4.20. The molecule has 2 nitrogen and oxygen atoms in total.